The van der Waals surface area contributed by atoms with Gasteiger partial charge in [-0.25, -0.2) is 18.1 Å². The fraction of sp³-hybridized carbons (Fsp3) is 0.312. The maximum atomic E-state index is 12.2. The lowest BCUT2D eigenvalue weighted by Crippen LogP contribution is -2.33. The first kappa shape index (κ1) is 15.1. The lowest BCUT2D eigenvalue weighted by atomic mass is 9.93. The minimum Gasteiger partial charge on any atom is -0.388 e. The third kappa shape index (κ3) is 3.04. The summed E-state index contributed by atoms with van der Waals surface area (Å²) in [5.41, 5.74) is 0.403. The Kier molecular flexibility index (Phi) is 3.99. The number of aliphatic hydroxyl groups is 1. The average molecular weight is 318 g/mol. The molecule has 1 aliphatic rings. The Morgan fingerprint density at radius 3 is 2.41 bits per heavy atom. The van der Waals surface area contributed by atoms with E-state index in [1.54, 1.807) is 12.1 Å². The van der Waals surface area contributed by atoms with Crippen molar-refractivity contribution < 1.29 is 13.5 Å². The highest BCUT2D eigenvalue weighted by Crippen LogP contribution is 2.54. The van der Waals surface area contributed by atoms with Gasteiger partial charge < -0.3 is 5.11 Å². The molecule has 1 heterocycles. The van der Waals surface area contributed by atoms with Gasteiger partial charge in [0.05, 0.1) is 6.10 Å². The Morgan fingerprint density at radius 2 is 1.82 bits per heavy atom. The van der Waals surface area contributed by atoms with E-state index in [0.717, 1.165) is 18.4 Å². The van der Waals surface area contributed by atoms with E-state index in [4.69, 9.17) is 0 Å². The number of rotatable bonds is 6. The molecule has 2 aromatic rings. The molecule has 116 valence electrons. The van der Waals surface area contributed by atoms with E-state index in [2.05, 4.69) is 9.71 Å². The van der Waals surface area contributed by atoms with E-state index < -0.39 is 21.5 Å². The monoisotopic (exact) mass is 318 g/mol. The van der Waals surface area contributed by atoms with E-state index >= 15 is 0 Å². The van der Waals surface area contributed by atoms with Crippen LogP contribution in [-0.2, 0) is 10.0 Å². The van der Waals surface area contributed by atoms with Crippen LogP contribution in [0.1, 0.15) is 24.5 Å². The Bertz CT molecular complexity index is 729. The summed E-state index contributed by atoms with van der Waals surface area (Å²) in [4.78, 5) is 3.86. The molecule has 2 N–H and O–H groups in total. The highest BCUT2D eigenvalue weighted by atomic mass is 32.2. The van der Waals surface area contributed by atoms with Crippen LogP contribution in [0.2, 0.25) is 0 Å². The van der Waals surface area contributed by atoms with E-state index in [0.29, 0.717) is 0 Å². The number of sulfonamides is 1. The predicted octanol–water partition coefficient (Wildman–Crippen LogP) is 1.87. The van der Waals surface area contributed by atoms with Gasteiger partial charge in [0, 0.05) is 18.2 Å². The number of benzene rings is 1. The molecular formula is C16H18N2O3S. The molecule has 5 nitrogen and oxygen atoms in total. The van der Waals surface area contributed by atoms with Gasteiger partial charge in [-0.2, -0.15) is 0 Å². The van der Waals surface area contributed by atoms with Gasteiger partial charge in [-0.3, -0.25) is 0 Å². The van der Waals surface area contributed by atoms with Crippen LogP contribution in [0, 0.1) is 5.41 Å². The molecule has 0 saturated heterocycles. The van der Waals surface area contributed by atoms with E-state index in [-0.39, 0.29) is 11.6 Å². The zero-order valence-corrected chi connectivity index (χ0v) is 12.8. The van der Waals surface area contributed by atoms with Crippen molar-refractivity contribution in [2.75, 3.05) is 6.54 Å². The summed E-state index contributed by atoms with van der Waals surface area (Å²) < 4.78 is 27.0. The number of nitrogens with one attached hydrogen (secondary N) is 1. The van der Waals surface area contributed by atoms with Crippen LogP contribution in [0.25, 0.3) is 0 Å². The van der Waals surface area contributed by atoms with Crippen LogP contribution in [0.15, 0.2) is 59.8 Å². The van der Waals surface area contributed by atoms with Gasteiger partial charge in [0.25, 0.3) is 10.0 Å². The van der Waals surface area contributed by atoms with Gasteiger partial charge in [0.15, 0.2) is 5.03 Å². The molecule has 0 aliphatic heterocycles. The second-order valence-electron chi connectivity index (χ2n) is 5.67. The van der Waals surface area contributed by atoms with E-state index in [9.17, 15) is 13.5 Å². The van der Waals surface area contributed by atoms with Crippen molar-refractivity contribution in [1.82, 2.24) is 9.71 Å². The van der Waals surface area contributed by atoms with Gasteiger partial charge in [0.1, 0.15) is 0 Å². The lowest BCUT2D eigenvalue weighted by Gasteiger charge is -2.23. The highest BCUT2D eigenvalue weighted by Gasteiger charge is 2.49. The summed E-state index contributed by atoms with van der Waals surface area (Å²) in [6.07, 6.45) is 2.38. The van der Waals surface area contributed by atoms with Gasteiger partial charge in [-0.05, 0) is 30.5 Å². The van der Waals surface area contributed by atoms with Gasteiger partial charge in [-0.1, -0.05) is 36.4 Å². The molecule has 0 radical (unpaired) electrons. The summed E-state index contributed by atoms with van der Waals surface area (Å²) in [5, 5.41) is 10.5. The Hall–Kier alpha value is -1.76. The maximum Gasteiger partial charge on any atom is 0.258 e. The largest absolute Gasteiger partial charge is 0.388 e. The Balaban J connectivity index is 1.71. The van der Waals surface area contributed by atoms with Crippen LogP contribution < -0.4 is 4.72 Å². The third-order valence-electron chi connectivity index (χ3n) is 4.11. The molecule has 1 fully saturated rings. The normalized spacial score (nSPS) is 17.9. The molecule has 1 aliphatic carbocycles. The van der Waals surface area contributed by atoms with Crippen LogP contribution in [0.5, 0.6) is 0 Å². The van der Waals surface area contributed by atoms with Crippen molar-refractivity contribution >= 4 is 10.0 Å². The molecule has 1 saturated carbocycles. The minimum atomic E-state index is -3.64. The highest BCUT2D eigenvalue weighted by molar-refractivity contribution is 7.89. The standard InChI is InChI=1S/C16H18N2O3S/c19-15(13-6-2-1-3-7-13)16(9-10-16)12-18-22(20,21)14-8-4-5-11-17-14/h1-8,11,15,18-19H,9-10,12H2. The van der Waals surface area contributed by atoms with Gasteiger partial charge in [-0.15, -0.1) is 0 Å². The topological polar surface area (TPSA) is 79.3 Å². The Labute approximate surface area is 130 Å². The molecule has 0 spiro atoms. The van der Waals surface area contributed by atoms with Crippen molar-refractivity contribution in [3.8, 4) is 0 Å². The molecule has 1 atom stereocenters. The zero-order chi connectivity index (χ0) is 15.6. The summed E-state index contributed by atoms with van der Waals surface area (Å²) in [6.45, 7) is 0.210. The number of aromatic nitrogens is 1. The fourth-order valence-electron chi connectivity index (χ4n) is 2.52. The SMILES string of the molecule is O=S(=O)(NCC1(C(O)c2ccccc2)CC1)c1ccccn1. The number of pyridine rings is 1. The molecular weight excluding hydrogens is 300 g/mol. The number of hydrogen-bond donors (Lipinski definition) is 2. The first-order chi connectivity index (χ1) is 10.5. The second kappa shape index (κ2) is 5.79. The van der Waals surface area contributed by atoms with E-state index in [1.165, 1.54) is 12.3 Å². The van der Waals surface area contributed by atoms with Crippen molar-refractivity contribution in [3.05, 3.63) is 60.3 Å². The molecule has 1 aromatic heterocycles. The summed E-state index contributed by atoms with van der Waals surface area (Å²) in [6, 6.07) is 14.1. The van der Waals surface area contributed by atoms with Gasteiger partial charge in [0.2, 0.25) is 0 Å². The molecule has 3 rings (SSSR count). The second-order valence-corrected chi connectivity index (χ2v) is 7.38. The quantitative estimate of drug-likeness (QED) is 0.852. The molecule has 0 bridgehead atoms. The number of hydrogen-bond acceptors (Lipinski definition) is 4. The van der Waals surface area contributed by atoms with Crippen molar-refractivity contribution in [3.63, 3.8) is 0 Å². The van der Waals surface area contributed by atoms with Crippen LogP contribution >= 0.6 is 0 Å². The summed E-state index contributed by atoms with van der Waals surface area (Å²) in [7, 11) is -3.64. The van der Waals surface area contributed by atoms with Crippen molar-refractivity contribution in [1.29, 1.82) is 0 Å². The van der Waals surface area contributed by atoms with Crippen LogP contribution in [-0.4, -0.2) is 25.1 Å². The maximum absolute atomic E-state index is 12.2. The van der Waals surface area contributed by atoms with Crippen molar-refractivity contribution in [2.24, 2.45) is 5.41 Å². The van der Waals surface area contributed by atoms with Crippen LogP contribution in [0.3, 0.4) is 0 Å². The summed E-state index contributed by atoms with van der Waals surface area (Å²) >= 11 is 0. The minimum absolute atomic E-state index is 0.000000840. The fourth-order valence-corrected chi connectivity index (χ4v) is 3.60. The molecule has 22 heavy (non-hydrogen) atoms. The third-order valence-corrected chi connectivity index (χ3v) is 5.43. The van der Waals surface area contributed by atoms with E-state index in [1.807, 2.05) is 30.3 Å². The van der Waals surface area contributed by atoms with Crippen LogP contribution in [0.4, 0.5) is 0 Å². The Morgan fingerprint density at radius 1 is 1.14 bits per heavy atom. The van der Waals surface area contributed by atoms with Gasteiger partial charge >= 0.3 is 0 Å². The smallest absolute Gasteiger partial charge is 0.258 e. The van der Waals surface area contributed by atoms with Crippen molar-refractivity contribution in [2.45, 2.75) is 24.0 Å². The predicted molar refractivity (Wildman–Crippen MR) is 82.5 cm³/mol. The first-order valence-corrected chi connectivity index (χ1v) is 8.66. The molecule has 1 aromatic carbocycles. The average Bonchev–Trinajstić information content (AvgIpc) is 3.35. The molecule has 1 unspecified atom stereocenters. The first-order valence-electron chi connectivity index (χ1n) is 7.17. The lowest BCUT2D eigenvalue weighted by molar-refractivity contribution is 0.0953. The summed E-state index contributed by atoms with van der Waals surface area (Å²) in [5.74, 6) is 0. The molecule has 6 heteroatoms. The number of nitrogens with zero attached hydrogens (tertiary/aromatic N) is 1. The zero-order valence-electron chi connectivity index (χ0n) is 12.0. The molecule has 0 amide bonds. The number of aliphatic hydroxyl groups excluding tert-OH is 1.